The summed E-state index contributed by atoms with van der Waals surface area (Å²) >= 11 is 5.97. The van der Waals surface area contributed by atoms with Gasteiger partial charge in [0, 0.05) is 5.54 Å². The van der Waals surface area contributed by atoms with Gasteiger partial charge in [-0.15, -0.1) is 0 Å². The molecule has 0 aromatic heterocycles. The molecule has 2 rings (SSSR count). The SMILES string of the molecule is CC(C)(Cc1ccccc1)NC(=O)CN(c1cc(C(F)(F)F)ccc1Cl)S(C)(=O)=O. The maximum atomic E-state index is 13.1. The van der Waals surface area contributed by atoms with Crippen molar-refractivity contribution in [2.75, 3.05) is 17.1 Å². The van der Waals surface area contributed by atoms with Crippen LogP contribution < -0.4 is 9.62 Å². The van der Waals surface area contributed by atoms with Crippen LogP contribution >= 0.6 is 11.6 Å². The highest BCUT2D eigenvalue weighted by molar-refractivity contribution is 7.92. The number of nitrogens with zero attached hydrogens (tertiary/aromatic N) is 1. The van der Waals surface area contributed by atoms with Crippen LogP contribution in [0.15, 0.2) is 48.5 Å². The van der Waals surface area contributed by atoms with Crippen molar-refractivity contribution in [1.82, 2.24) is 5.32 Å². The number of amides is 1. The number of anilines is 1. The van der Waals surface area contributed by atoms with Crippen LogP contribution in [-0.4, -0.2) is 32.7 Å². The third-order valence-corrected chi connectivity index (χ3v) is 5.64. The van der Waals surface area contributed by atoms with Crippen LogP contribution in [0.4, 0.5) is 18.9 Å². The van der Waals surface area contributed by atoms with Crippen molar-refractivity contribution in [3.05, 3.63) is 64.7 Å². The Morgan fingerprint density at radius 3 is 2.23 bits per heavy atom. The average Bonchev–Trinajstić information content (AvgIpc) is 2.58. The molecule has 30 heavy (non-hydrogen) atoms. The van der Waals surface area contributed by atoms with Crippen molar-refractivity contribution < 1.29 is 26.4 Å². The van der Waals surface area contributed by atoms with Gasteiger partial charge in [0.1, 0.15) is 6.54 Å². The highest BCUT2D eigenvalue weighted by Crippen LogP contribution is 2.36. The van der Waals surface area contributed by atoms with E-state index in [2.05, 4.69) is 5.32 Å². The molecule has 0 saturated heterocycles. The molecule has 1 N–H and O–H groups in total. The van der Waals surface area contributed by atoms with Crippen molar-refractivity contribution in [3.8, 4) is 0 Å². The van der Waals surface area contributed by atoms with Crippen LogP contribution in [0.5, 0.6) is 0 Å². The molecular formula is C20H22ClF3N2O3S. The van der Waals surface area contributed by atoms with Crippen molar-refractivity contribution in [3.63, 3.8) is 0 Å². The minimum absolute atomic E-state index is 0.218. The Kier molecular flexibility index (Phi) is 7.08. The Morgan fingerprint density at radius 1 is 1.10 bits per heavy atom. The number of carbonyl (C=O) groups excluding carboxylic acids is 1. The van der Waals surface area contributed by atoms with E-state index in [1.54, 1.807) is 13.8 Å². The molecule has 0 aliphatic rings. The van der Waals surface area contributed by atoms with E-state index >= 15 is 0 Å². The van der Waals surface area contributed by atoms with Gasteiger partial charge in [0.2, 0.25) is 15.9 Å². The standard InChI is InChI=1S/C20H22ClF3N2O3S/c1-19(2,12-14-7-5-4-6-8-14)25-18(27)13-26(30(3,28)29)17-11-15(20(22,23)24)9-10-16(17)21/h4-11H,12-13H2,1-3H3,(H,25,27). The van der Waals surface area contributed by atoms with E-state index in [1.807, 2.05) is 30.3 Å². The predicted molar refractivity (Wildman–Crippen MR) is 111 cm³/mol. The van der Waals surface area contributed by atoms with Gasteiger partial charge in [0.25, 0.3) is 0 Å². The van der Waals surface area contributed by atoms with Gasteiger partial charge >= 0.3 is 6.18 Å². The fourth-order valence-electron chi connectivity index (χ4n) is 2.96. The van der Waals surface area contributed by atoms with E-state index in [9.17, 15) is 26.4 Å². The first kappa shape index (κ1) is 24.0. The Hall–Kier alpha value is -2.26. The van der Waals surface area contributed by atoms with Crippen LogP contribution in [0.1, 0.15) is 25.0 Å². The summed E-state index contributed by atoms with van der Waals surface area (Å²) in [4.78, 5) is 12.6. The zero-order chi connectivity index (χ0) is 22.7. The lowest BCUT2D eigenvalue weighted by atomic mass is 9.95. The molecule has 0 aliphatic heterocycles. The van der Waals surface area contributed by atoms with Gasteiger partial charge in [-0.1, -0.05) is 41.9 Å². The van der Waals surface area contributed by atoms with Gasteiger partial charge in [-0.3, -0.25) is 9.10 Å². The third-order valence-electron chi connectivity index (χ3n) is 4.20. The van der Waals surface area contributed by atoms with E-state index in [0.717, 1.165) is 24.0 Å². The summed E-state index contributed by atoms with van der Waals surface area (Å²) in [5, 5.41) is 2.51. The molecule has 0 bridgehead atoms. The van der Waals surface area contributed by atoms with Gasteiger partial charge < -0.3 is 5.32 Å². The van der Waals surface area contributed by atoms with E-state index in [-0.39, 0.29) is 5.02 Å². The Bertz CT molecular complexity index is 1010. The van der Waals surface area contributed by atoms with Gasteiger partial charge in [-0.25, -0.2) is 8.42 Å². The molecule has 164 valence electrons. The highest BCUT2D eigenvalue weighted by Gasteiger charge is 2.33. The number of halogens is 4. The number of alkyl halides is 3. The number of rotatable bonds is 7. The topological polar surface area (TPSA) is 66.5 Å². The molecule has 0 radical (unpaired) electrons. The van der Waals surface area contributed by atoms with E-state index < -0.39 is 45.4 Å². The fraction of sp³-hybridized carbons (Fsp3) is 0.350. The van der Waals surface area contributed by atoms with Crippen molar-refractivity contribution in [2.24, 2.45) is 0 Å². The smallest absolute Gasteiger partial charge is 0.349 e. The Labute approximate surface area is 178 Å². The highest BCUT2D eigenvalue weighted by atomic mass is 35.5. The van der Waals surface area contributed by atoms with E-state index in [1.165, 1.54) is 0 Å². The second-order valence-corrected chi connectivity index (χ2v) is 9.84. The minimum atomic E-state index is -4.69. The molecule has 1 amide bonds. The lowest BCUT2D eigenvalue weighted by molar-refractivity contribution is -0.137. The lowest BCUT2D eigenvalue weighted by Gasteiger charge is -2.29. The van der Waals surface area contributed by atoms with E-state index in [4.69, 9.17) is 11.6 Å². The normalized spacial score (nSPS) is 12.5. The maximum Gasteiger partial charge on any atom is 0.416 e. The van der Waals surface area contributed by atoms with Gasteiger partial charge in [0.15, 0.2) is 0 Å². The molecule has 0 heterocycles. The number of nitrogens with one attached hydrogen (secondary N) is 1. The summed E-state index contributed by atoms with van der Waals surface area (Å²) in [6, 6.07) is 11.7. The molecule has 0 aliphatic carbocycles. The number of carbonyl (C=O) groups is 1. The van der Waals surface area contributed by atoms with Gasteiger partial charge in [-0.2, -0.15) is 13.2 Å². The monoisotopic (exact) mass is 462 g/mol. The van der Waals surface area contributed by atoms with Crippen LogP contribution in [-0.2, 0) is 27.4 Å². The molecule has 0 spiro atoms. The second kappa shape index (κ2) is 8.85. The molecule has 0 atom stereocenters. The molecule has 0 saturated carbocycles. The Morgan fingerprint density at radius 2 is 1.70 bits per heavy atom. The quantitative estimate of drug-likeness (QED) is 0.668. The van der Waals surface area contributed by atoms with Crippen LogP contribution in [0.25, 0.3) is 0 Å². The second-order valence-electron chi connectivity index (χ2n) is 7.53. The summed E-state index contributed by atoms with van der Waals surface area (Å²) in [7, 11) is -4.09. The van der Waals surface area contributed by atoms with Crippen LogP contribution in [0.2, 0.25) is 5.02 Å². The molecule has 0 fully saturated rings. The number of hydrogen-bond donors (Lipinski definition) is 1. The first-order valence-electron chi connectivity index (χ1n) is 8.88. The van der Waals surface area contributed by atoms with E-state index in [0.29, 0.717) is 16.8 Å². The first-order valence-corrected chi connectivity index (χ1v) is 11.1. The average molecular weight is 463 g/mol. The zero-order valence-electron chi connectivity index (χ0n) is 16.6. The first-order chi connectivity index (χ1) is 13.7. The molecule has 2 aromatic rings. The minimum Gasteiger partial charge on any atom is -0.349 e. The molecule has 0 unspecified atom stereocenters. The Balaban J connectivity index is 2.27. The van der Waals surface area contributed by atoms with Crippen LogP contribution in [0, 0.1) is 0 Å². The molecular weight excluding hydrogens is 441 g/mol. The number of hydrogen-bond acceptors (Lipinski definition) is 3. The van der Waals surface area contributed by atoms with Gasteiger partial charge in [-0.05, 0) is 44.0 Å². The predicted octanol–water partition coefficient (Wildman–Crippen LogP) is 4.26. The zero-order valence-corrected chi connectivity index (χ0v) is 18.2. The summed E-state index contributed by atoms with van der Waals surface area (Å²) in [6.45, 7) is 2.82. The third kappa shape index (κ3) is 6.63. The van der Waals surface area contributed by atoms with Crippen molar-refractivity contribution >= 4 is 33.2 Å². The molecule has 5 nitrogen and oxygen atoms in total. The van der Waals surface area contributed by atoms with Gasteiger partial charge in [0.05, 0.1) is 22.5 Å². The van der Waals surface area contributed by atoms with Crippen molar-refractivity contribution in [1.29, 1.82) is 0 Å². The summed E-state index contributed by atoms with van der Waals surface area (Å²) < 4.78 is 64.2. The van der Waals surface area contributed by atoms with Crippen LogP contribution in [0.3, 0.4) is 0 Å². The van der Waals surface area contributed by atoms with Crippen molar-refractivity contribution in [2.45, 2.75) is 32.0 Å². The largest absolute Gasteiger partial charge is 0.416 e. The number of sulfonamides is 1. The summed E-state index contributed by atoms with van der Waals surface area (Å²) in [5.74, 6) is -0.671. The number of benzene rings is 2. The maximum absolute atomic E-state index is 13.1. The lowest BCUT2D eigenvalue weighted by Crippen LogP contribution is -2.50. The molecule has 10 heteroatoms. The molecule has 2 aromatic carbocycles. The summed E-state index contributed by atoms with van der Waals surface area (Å²) in [6.07, 6.45) is -3.42. The fourth-order valence-corrected chi connectivity index (χ4v) is 4.09. The summed E-state index contributed by atoms with van der Waals surface area (Å²) in [5.41, 5.74) is -1.24.